The number of allylic oxidation sites excluding steroid dienone is 2. The van der Waals surface area contributed by atoms with Gasteiger partial charge in [-0.3, -0.25) is 18.6 Å². The molecule has 2 aromatic carbocycles. The van der Waals surface area contributed by atoms with Crippen LogP contribution in [0.15, 0.2) is 65.5 Å². The molecule has 2 heterocycles. The number of aryl methyl sites for hydroxylation is 1. The molecule has 8 heteroatoms. The molecule has 5 rings (SSSR count). The number of amides is 1. The van der Waals surface area contributed by atoms with E-state index in [0.29, 0.717) is 35.9 Å². The van der Waals surface area contributed by atoms with Gasteiger partial charge in [0.15, 0.2) is 5.82 Å². The molecule has 4 aromatic rings. The average molecular weight is 428 g/mol. The van der Waals surface area contributed by atoms with Gasteiger partial charge in [-0.2, -0.15) is 0 Å². The van der Waals surface area contributed by atoms with E-state index in [4.69, 9.17) is 0 Å². The fourth-order valence-corrected chi connectivity index (χ4v) is 4.23. The van der Waals surface area contributed by atoms with E-state index >= 15 is 0 Å². The van der Waals surface area contributed by atoms with Crippen LogP contribution in [0.25, 0.3) is 16.7 Å². The summed E-state index contributed by atoms with van der Waals surface area (Å²) in [6, 6.07) is 15.0. The summed E-state index contributed by atoms with van der Waals surface area (Å²) in [5.74, 6) is 1.47. The molecule has 0 radical (unpaired) electrons. The van der Waals surface area contributed by atoms with E-state index in [1.807, 2.05) is 46.9 Å². The van der Waals surface area contributed by atoms with Gasteiger partial charge in [0.05, 0.1) is 28.8 Å². The molecule has 0 bridgehead atoms. The molecule has 8 nitrogen and oxygen atoms in total. The average Bonchev–Trinajstić information content (AvgIpc) is 3.47. The summed E-state index contributed by atoms with van der Waals surface area (Å²) < 4.78 is 3.39. The van der Waals surface area contributed by atoms with Crippen LogP contribution in [-0.2, 0) is 18.4 Å². The van der Waals surface area contributed by atoms with E-state index < -0.39 is 0 Å². The number of hydrogen-bond donors (Lipinski definition) is 2. The second-order valence-corrected chi connectivity index (χ2v) is 8.05. The van der Waals surface area contributed by atoms with Crippen molar-refractivity contribution >= 4 is 34.0 Å². The summed E-state index contributed by atoms with van der Waals surface area (Å²) in [5, 5.41) is 15.5. The van der Waals surface area contributed by atoms with Crippen molar-refractivity contribution in [2.75, 3.05) is 10.6 Å². The number of para-hydroxylation sites is 3. The van der Waals surface area contributed by atoms with Gasteiger partial charge in [-0.05, 0) is 43.0 Å². The van der Waals surface area contributed by atoms with Gasteiger partial charge in [-0.25, -0.2) is 0 Å². The molecule has 32 heavy (non-hydrogen) atoms. The topological polar surface area (TPSA) is 93.3 Å². The first-order valence-corrected chi connectivity index (χ1v) is 10.7. The highest BCUT2D eigenvalue weighted by molar-refractivity contribution is 5.94. The maximum absolute atomic E-state index is 12.6. The van der Waals surface area contributed by atoms with Gasteiger partial charge < -0.3 is 10.6 Å². The third kappa shape index (κ3) is 3.64. The molecule has 2 N–H and O–H groups in total. The van der Waals surface area contributed by atoms with Crippen LogP contribution in [0.1, 0.15) is 25.1 Å². The zero-order valence-corrected chi connectivity index (χ0v) is 17.8. The second-order valence-electron chi connectivity index (χ2n) is 8.05. The van der Waals surface area contributed by atoms with Crippen LogP contribution in [0.2, 0.25) is 0 Å². The Bertz CT molecular complexity index is 1400. The monoisotopic (exact) mass is 428 g/mol. The summed E-state index contributed by atoms with van der Waals surface area (Å²) in [6.07, 6.45) is 6.82. The number of hydrogen-bond acceptors (Lipinski definition) is 5. The second kappa shape index (κ2) is 8.30. The Balaban J connectivity index is 1.40. The van der Waals surface area contributed by atoms with Crippen molar-refractivity contribution < 1.29 is 4.79 Å². The van der Waals surface area contributed by atoms with Crippen molar-refractivity contribution in [3.63, 3.8) is 0 Å². The highest BCUT2D eigenvalue weighted by atomic mass is 16.1. The Labute approximate surface area is 184 Å². The Morgan fingerprint density at radius 1 is 1.09 bits per heavy atom. The zero-order valence-electron chi connectivity index (χ0n) is 17.8. The standard InChI is InChI=1S/C24H24N6O2/c1-29-23(32)17-10-4-7-13-20(17)30-21(27-28-24(29)30)15-25-18-11-5-6-12-19(18)26-22(31)14-16-8-2-3-9-16/h2,4-8,10-13,16,25H,3,9,14-15H2,1H3,(H,26,31). The molecule has 2 aromatic heterocycles. The van der Waals surface area contributed by atoms with E-state index in [9.17, 15) is 9.59 Å². The van der Waals surface area contributed by atoms with Crippen LogP contribution in [0, 0.1) is 5.92 Å². The lowest BCUT2D eigenvalue weighted by atomic mass is 10.0. The quantitative estimate of drug-likeness (QED) is 0.459. The lowest BCUT2D eigenvalue weighted by Crippen LogP contribution is -2.20. The molecule has 1 amide bonds. The van der Waals surface area contributed by atoms with Gasteiger partial charge in [0, 0.05) is 13.5 Å². The molecule has 1 aliphatic carbocycles. The van der Waals surface area contributed by atoms with Crippen molar-refractivity contribution in [3.05, 3.63) is 76.9 Å². The zero-order chi connectivity index (χ0) is 22.1. The minimum atomic E-state index is -0.106. The number of nitrogens with one attached hydrogen (secondary N) is 2. The Hall–Kier alpha value is -3.94. The van der Waals surface area contributed by atoms with E-state index in [0.717, 1.165) is 29.7 Å². The third-order valence-corrected chi connectivity index (χ3v) is 5.89. The largest absolute Gasteiger partial charge is 0.376 e. The molecule has 1 aliphatic rings. The molecular weight excluding hydrogens is 404 g/mol. The predicted octanol–water partition coefficient (Wildman–Crippen LogP) is 3.49. The van der Waals surface area contributed by atoms with Crippen LogP contribution >= 0.6 is 0 Å². The predicted molar refractivity (Wildman–Crippen MR) is 125 cm³/mol. The number of aromatic nitrogens is 4. The van der Waals surface area contributed by atoms with E-state index in [1.165, 1.54) is 4.57 Å². The van der Waals surface area contributed by atoms with E-state index in [-0.39, 0.29) is 11.5 Å². The van der Waals surface area contributed by atoms with Crippen LogP contribution in [0.4, 0.5) is 11.4 Å². The molecule has 0 saturated carbocycles. The van der Waals surface area contributed by atoms with Gasteiger partial charge in [0.2, 0.25) is 11.7 Å². The first-order valence-electron chi connectivity index (χ1n) is 10.7. The van der Waals surface area contributed by atoms with Crippen molar-refractivity contribution in [2.24, 2.45) is 13.0 Å². The van der Waals surface area contributed by atoms with Gasteiger partial charge in [0.1, 0.15) is 0 Å². The number of benzene rings is 2. The number of carbonyl (C=O) groups is 1. The number of nitrogens with zero attached hydrogens (tertiary/aromatic N) is 4. The van der Waals surface area contributed by atoms with Crippen molar-refractivity contribution in [2.45, 2.75) is 25.8 Å². The van der Waals surface area contributed by atoms with E-state index in [2.05, 4.69) is 33.0 Å². The Morgan fingerprint density at radius 2 is 1.88 bits per heavy atom. The maximum atomic E-state index is 12.6. The number of anilines is 2. The van der Waals surface area contributed by atoms with Crippen LogP contribution in [0.3, 0.4) is 0 Å². The smallest absolute Gasteiger partial charge is 0.262 e. The van der Waals surface area contributed by atoms with Gasteiger partial charge in [-0.15, -0.1) is 10.2 Å². The lowest BCUT2D eigenvalue weighted by molar-refractivity contribution is -0.116. The fraction of sp³-hybridized carbons (Fsp3) is 0.250. The molecule has 0 aliphatic heterocycles. The van der Waals surface area contributed by atoms with Crippen LogP contribution < -0.4 is 16.2 Å². The summed E-state index contributed by atoms with van der Waals surface area (Å²) in [4.78, 5) is 25.1. The maximum Gasteiger partial charge on any atom is 0.262 e. The normalized spacial score (nSPS) is 15.5. The van der Waals surface area contributed by atoms with E-state index in [1.54, 1.807) is 13.1 Å². The number of fused-ring (bicyclic) bond motifs is 3. The Kier molecular flexibility index (Phi) is 5.18. The summed E-state index contributed by atoms with van der Waals surface area (Å²) in [6.45, 7) is 0.377. The SMILES string of the molecule is Cn1c(=O)c2ccccc2n2c(CNc3ccccc3NC(=O)CC3C=CCC3)nnc12. The summed E-state index contributed by atoms with van der Waals surface area (Å²) >= 11 is 0. The highest BCUT2D eigenvalue weighted by Gasteiger charge is 2.17. The van der Waals surface area contributed by atoms with Crippen molar-refractivity contribution in [1.82, 2.24) is 19.2 Å². The first kappa shape index (κ1) is 20.0. The minimum Gasteiger partial charge on any atom is -0.376 e. The summed E-state index contributed by atoms with van der Waals surface area (Å²) in [5.41, 5.74) is 2.18. The molecule has 1 unspecified atom stereocenters. The molecule has 0 fully saturated rings. The van der Waals surface area contributed by atoms with Crippen LogP contribution in [0.5, 0.6) is 0 Å². The molecule has 0 spiro atoms. The lowest BCUT2D eigenvalue weighted by Gasteiger charge is -2.14. The number of carbonyl (C=O) groups excluding carboxylic acids is 1. The molecule has 162 valence electrons. The van der Waals surface area contributed by atoms with Crippen LogP contribution in [-0.4, -0.2) is 25.1 Å². The third-order valence-electron chi connectivity index (χ3n) is 5.89. The highest BCUT2D eigenvalue weighted by Crippen LogP contribution is 2.25. The van der Waals surface area contributed by atoms with Gasteiger partial charge in [0.25, 0.3) is 5.56 Å². The minimum absolute atomic E-state index is 0.00437. The van der Waals surface area contributed by atoms with Crippen molar-refractivity contribution in [3.8, 4) is 0 Å². The number of rotatable bonds is 6. The molecule has 1 atom stereocenters. The molecule has 0 saturated heterocycles. The van der Waals surface area contributed by atoms with Crippen molar-refractivity contribution in [1.29, 1.82) is 0 Å². The van der Waals surface area contributed by atoms with Gasteiger partial charge >= 0.3 is 0 Å². The van der Waals surface area contributed by atoms with Gasteiger partial charge in [-0.1, -0.05) is 36.4 Å². The molecular formula is C24H24N6O2. The fourth-order valence-electron chi connectivity index (χ4n) is 4.23. The summed E-state index contributed by atoms with van der Waals surface area (Å²) in [7, 11) is 1.69. The first-order chi connectivity index (χ1) is 15.6. The Morgan fingerprint density at radius 3 is 2.69 bits per heavy atom.